The van der Waals surface area contributed by atoms with Crippen LogP contribution in [0.4, 0.5) is 13.2 Å². The Balaban J connectivity index is 1.83. The Hall–Kier alpha value is -3.02. The molecule has 0 aliphatic carbocycles. The van der Waals surface area contributed by atoms with Crippen LogP contribution in [0.1, 0.15) is 10.4 Å². The van der Waals surface area contributed by atoms with E-state index in [0.717, 1.165) is 6.07 Å². The average Bonchev–Trinajstić information content (AvgIpc) is 2.64. The van der Waals surface area contributed by atoms with Crippen molar-refractivity contribution in [3.05, 3.63) is 72.3 Å². The van der Waals surface area contributed by atoms with Gasteiger partial charge in [0.1, 0.15) is 24.7 Å². The van der Waals surface area contributed by atoms with Gasteiger partial charge in [-0.15, -0.1) is 0 Å². The second-order valence-corrected chi connectivity index (χ2v) is 5.50. The van der Waals surface area contributed by atoms with E-state index in [-0.39, 0.29) is 19.0 Å². The first-order valence-corrected chi connectivity index (χ1v) is 7.91. The van der Waals surface area contributed by atoms with E-state index < -0.39 is 17.5 Å². The summed E-state index contributed by atoms with van der Waals surface area (Å²) in [5.41, 5.74) is -0.504. The highest BCUT2D eigenvalue weighted by Gasteiger charge is 2.41. The van der Waals surface area contributed by atoms with E-state index in [9.17, 15) is 18.0 Å². The van der Waals surface area contributed by atoms with E-state index in [0.29, 0.717) is 16.5 Å². The maximum atomic E-state index is 12.9. The number of halogens is 3. The molecular formula is C20H15F3O3. The number of hydrogen-bond acceptors (Lipinski definition) is 3. The summed E-state index contributed by atoms with van der Waals surface area (Å²) < 4.78 is 49.7. The zero-order valence-electron chi connectivity index (χ0n) is 13.6. The van der Waals surface area contributed by atoms with Gasteiger partial charge in [0, 0.05) is 5.39 Å². The third-order valence-corrected chi connectivity index (χ3v) is 3.72. The first-order valence-electron chi connectivity index (χ1n) is 7.91. The number of carbonyl (C=O) groups is 1. The number of ketones is 1. The van der Waals surface area contributed by atoms with Crippen molar-refractivity contribution in [1.82, 2.24) is 0 Å². The van der Waals surface area contributed by atoms with Gasteiger partial charge in [0.15, 0.2) is 0 Å². The van der Waals surface area contributed by atoms with Crippen LogP contribution < -0.4 is 9.47 Å². The molecule has 0 saturated carbocycles. The Morgan fingerprint density at radius 3 is 2.19 bits per heavy atom. The van der Waals surface area contributed by atoms with Gasteiger partial charge in [-0.3, -0.25) is 4.79 Å². The molecule has 0 spiro atoms. The Bertz CT molecular complexity index is 905. The summed E-state index contributed by atoms with van der Waals surface area (Å²) in [5, 5.41) is 1.13. The minimum absolute atomic E-state index is 0.00103. The van der Waals surface area contributed by atoms with E-state index in [1.54, 1.807) is 48.5 Å². The van der Waals surface area contributed by atoms with Crippen LogP contribution in [0.2, 0.25) is 0 Å². The second kappa shape index (κ2) is 7.47. The zero-order chi connectivity index (χ0) is 18.6. The molecule has 3 aromatic carbocycles. The van der Waals surface area contributed by atoms with Gasteiger partial charge in [-0.05, 0) is 23.6 Å². The summed E-state index contributed by atoms with van der Waals surface area (Å²) in [6.07, 6.45) is -4.97. The van der Waals surface area contributed by atoms with Crippen molar-refractivity contribution < 1.29 is 27.4 Å². The largest absolute Gasteiger partial charge is 0.490 e. The molecule has 0 N–H and O–H groups in total. The van der Waals surface area contributed by atoms with Crippen LogP contribution in [0.5, 0.6) is 11.5 Å². The Morgan fingerprint density at radius 1 is 0.808 bits per heavy atom. The first-order chi connectivity index (χ1) is 12.5. The summed E-state index contributed by atoms with van der Waals surface area (Å²) in [6, 6.07) is 18.4. The Labute approximate surface area is 148 Å². The zero-order valence-corrected chi connectivity index (χ0v) is 13.6. The number of fused-ring (bicyclic) bond motifs is 1. The van der Waals surface area contributed by atoms with E-state index in [2.05, 4.69) is 0 Å². The maximum Gasteiger partial charge on any atom is 0.455 e. The van der Waals surface area contributed by atoms with Crippen LogP contribution in [0.15, 0.2) is 66.7 Å². The molecule has 0 aromatic heterocycles. The molecule has 6 heteroatoms. The van der Waals surface area contributed by atoms with Gasteiger partial charge in [-0.2, -0.15) is 13.2 Å². The molecule has 3 rings (SSSR count). The predicted octanol–water partition coefficient (Wildman–Crippen LogP) is 5.04. The van der Waals surface area contributed by atoms with Crippen molar-refractivity contribution >= 4 is 16.6 Å². The molecule has 0 amide bonds. The lowest BCUT2D eigenvalue weighted by Gasteiger charge is -2.15. The molecule has 3 nitrogen and oxygen atoms in total. The molecule has 0 radical (unpaired) electrons. The normalized spacial score (nSPS) is 11.3. The van der Waals surface area contributed by atoms with Crippen LogP contribution in [-0.2, 0) is 0 Å². The van der Waals surface area contributed by atoms with Gasteiger partial charge in [-0.1, -0.05) is 48.5 Å². The summed E-state index contributed by atoms with van der Waals surface area (Å²) in [4.78, 5) is 11.7. The number of benzene rings is 3. The molecule has 134 valence electrons. The Morgan fingerprint density at radius 2 is 1.46 bits per heavy atom. The van der Waals surface area contributed by atoms with Crippen LogP contribution >= 0.6 is 0 Å². The molecule has 26 heavy (non-hydrogen) atoms. The molecule has 0 heterocycles. The highest BCUT2D eigenvalue weighted by Crippen LogP contribution is 2.34. The van der Waals surface area contributed by atoms with Crippen LogP contribution in [0.25, 0.3) is 10.8 Å². The molecule has 0 unspecified atom stereocenters. The SMILES string of the molecule is O=C(c1ccc2ccccc2c1OCCOc1ccccc1)C(F)(F)F. The van der Waals surface area contributed by atoms with Gasteiger partial charge in [0.2, 0.25) is 0 Å². The molecule has 0 aliphatic rings. The number of para-hydroxylation sites is 1. The van der Waals surface area contributed by atoms with Crippen molar-refractivity contribution in [3.8, 4) is 11.5 Å². The lowest BCUT2D eigenvalue weighted by molar-refractivity contribution is -0.0886. The second-order valence-electron chi connectivity index (χ2n) is 5.50. The minimum atomic E-state index is -4.97. The van der Waals surface area contributed by atoms with Crippen molar-refractivity contribution in [3.63, 3.8) is 0 Å². The summed E-state index contributed by atoms with van der Waals surface area (Å²) in [7, 11) is 0. The average molecular weight is 360 g/mol. The minimum Gasteiger partial charge on any atom is -0.490 e. The lowest BCUT2D eigenvalue weighted by Crippen LogP contribution is -2.24. The van der Waals surface area contributed by atoms with E-state index >= 15 is 0 Å². The summed E-state index contributed by atoms with van der Waals surface area (Å²) in [5.74, 6) is -1.38. The topological polar surface area (TPSA) is 35.5 Å². The maximum absolute atomic E-state index is 12.9. The van der Waals surface area contributed by atoms with Crippen molar-refractivity contribution in [2.75, 3.05) is 13.2 Å². The third kappa shape index (κ3) is 3.96. The highest BCUT2D eigenvalue weighted by atomic mass is 19.4. The molecule has 0 aliphatic heterocycles. The number of Topliss-reactive ketones (excluding diaryl/α,β-unsaturated/α-hetero) is 1. The summed E-state index contributed by atoms with van der Waals surface area (Å²) in [6.45, 7) is 0.133. The Kier molecular flexibility index (Phi) is 5.11. The van der Waals surface area contributed by atoms with Gasteiger partial charge >= 0.3 is 6.18 Å². The van der Waals surface area contributed by atoms with Gasteiger partial charge in [-0.25, -0.2) is 0 Å². The van der Waals surface area contributed by atoms with Gasteiger partial charge in [0.25, 0.3) is 5.78 Å². The first kappa shape index (κ1) is 17.8. The van der Waals surface area contributed by atoms with Crippen molar-refractivity contribution in [2.24, 2.45) is 0 Å². The quantitative estimate of drug-likeness (QED) is 0.456. The third-order valence-electron chi connectivity index (χ3n) is 3.72. The van der Waals surface area contributed by atoms with E-state index in [1.807, 2.05) is 6.07 Å². The summed E-state index contributed by atoms with van der Waals surface area (Å²) >= 11 is 0. The number of rotatable bonds is 6. The van der Waals surface area contributed by atoms with Gasteiger partial charge < -0.3 is 9.47 Å². The lowest BCUT2D eigenvalue weighted by atomic mass is 10.0. The molecule has 0 atom stereocenters. The predicted molar refractivity (Wildman–Crippen MR) is 91.8 cm³/mol. The number of alkyl halides is 3. The fourth-order valence-corrected chi connectivity index (χ4v) is 2.55. The molecule has 0 fully saturated rings. The van der Waals surface area contributed by atoms with Crippen LogP contribution in [0.3, 0.4) is 0 Å². The standard InChI is InChI=1S/C20H15F3O3/c21-20(22,23)19(24)17-11-10-14-6-4-5-9-16(14)18(17)26-13-12-25-15-7-2-1-3-8-15/h1-11H,12-13H2. The number of carbonyl (C=O) groups excluding carboxylic acids is 1. The van der Waals surface area contributed by atoms with E-state index in [1.165, 1.54) is 6.07 Å². The fourth-order valence-electron chi connectivity index (χ4n) is 2.55. The number of hydrogen-bond donors (Lipinski definition) is 0. The van der Waals surface area contributed by atoms with Crippen molar-refractivity contribution in [2.45, 2.75) is 6.18 Å². The molecule has 0 bridgehead atoms. The number of ether oxygens (including phenoxy) is 2. The monoisotopic (exact) mass is 360 g/mol. The molecular weight excluding hydrogens is 345 g/mol. The van der Waals surface area contributed by atoms with Gasteiger partial charge in [0.05, 0.1) is 5.56 Å². The van der Waals surface area contributed by atoms with Crippen LogP contribution in [0, 0.1) is 0 Å². The smallest absolute Gasteiger partial charge is 0.455 e. The fraction of sp³-hybridized carbons (Fsp3) is 0.150. The molecule has 3 aromatic rings. The highest BCUT2D eigenvalue weighted by molar-refractivity contribution is 6.07. The van der Waals surface area contributed by atoms with E-state index in [4.69, 9.17) is 9.47 Å². The van der Waals surface area contributed by atoms with Crippen molar-refractivity contribution in [1.29, 1.82) is 0 Å². The van der Waals surface area contributed by atoms with Crippen LogP contribution in [-0.4, -0.2) is 25.2 Å². The molecule has 0 saturated heterocycles.